The Kier molecular flexibility index (Phi) is 5.97. The molecule has 0 radical (unpaired) electrons. The Morgan fingerprint density at radius 1 is 1.30 bits per heavy atom. The lowest BCUT2D eigenvalue weighted by Crippen LogP contribution is -2.51. The first-order chi connectivity index (χ1) is 9.15. The zero-order valence-corrected chi connectivity index (χ0v) is 13.7. The van der Waals surface area contributed by atoms with Crippen molar-refractivity contribution in [3.05, 3.63) is 0 Å². The second-order valence-corrected chi connectivity index (χ2v) is 8.36. The maximum Gasteiger partial charge on any atom is 0.226 e. The number of carbonyl (C=O) groups excluding carboxylic acids is 1. The van der Waals surface area contributed by atoms with E-state index in [0.717, 1.165) is 0 Å². The van der Waals surface area contributed by atoms with Gasteiger partial charge in [-0.3, -0.25) is 4.79 Å². The number of nitrogens with one attached hydrogen (secondary N) is 2. The van der Waals surface area contributed by atoms with Gasteiger partial charge in [0.2, 0.25) is 15.9 Å². The number of hydrogen-bond donors (Lipinski definition) is 2. The Morgan fingerprint density at radius 3 is 2.35 bits per heavy atom. The van der Waals surface area contributed by atoms with Crippen molar-refractivity contribution in [2.24, 2.45) is 11.3 Å². The van der Waals surface area contributed by atoms with Crippen LogP contribution in [-0.2, 0) is 14.8 Å². The zero-order chi connectivity index (χ0) is 15.4. The molecule has 0 unspecified atom stereocenters. The Morgan fingerprint density at radius 2 is 1.85 bits per heavy atom. The quantitative estimate of drug-likeness (QED) is 0.725. The van der Waals surface area contributed by atoms with Gasteiger partial charge in [-0.05, 0) is 19.8 Å². The molecule has 7 heteroatoms. The van der Waals surface area contributed by atoms with Crippen LogP contribution in [0.5, 0.6) is 0 Å². The lowest BCUT2D eigenvalue weighted by atomic mass is 9.95. The Hall–Kier alpha value is -0.660. The molecule has 1 fully saturated rings. The zero-order valence-electron chi connectivity index (χ0n) is 12.9. The molecule has 0 aromatic heterocycles. The third kappa shape index (κ3) is 5.03. The average Bonchev–Trinajstić information content (AvgIpc) is 2.35. The lowest BCUT2D eigenvalue weighted by Gasteiger charge is -2.31. The van der Waals surface area contributed by atoms with Gasteiger partial charge in [-0.25, -0.2) is 8.42 Å². The van der Waals surface area contributed by atoms with Crippen molar-refractivity contribution >= 4 is 15.9 Å². The minimum Gasteiger partial charge on any atom is -0.355 e. The first-order valence-electron chi connectivity index (χ1n) is 7.12. The molecule has 2 N–H and O–H groups in total. The van der Waals surface area contributed by atoms with E-state index in [0.29, 0.717) is 38.6 Å². The SMILES string of the molecule is CC(C)CNC(=O)C(C)(C)CS(=O)(=O)N1CCNCC1. The van der Waals surface area contributed by atoms with Gasteiger partial charge < -0.3 is 10.6 Å². The molecule has 0 atom stereocenters. The molecule has 0 aliphatic carbocycles. The van der Waals surface area contributed by atoms with Gasteiger partial charge >= 0.3 is 0 Å². The highest BCUT2D eigenvalue weighted by Gasteiger charge is 2.36. The normalized spacial score (nSPS) is 18.2. The Bertz CT molecular complexity index is 426. The van der Waals surface area contributed by atoms with Gasteiger partial charge in [0.1, 0.15) is 0 Å². The Labute approximate surface area is 122 Å². The van der Waals surface area contributed by atoms with Crippen molar-refractivity contribution in [3.63, 3.8) is 0 Å². The molecule has 1 aliphatic rings. The van der Waals surface area contributed by atoms with Crippen LogP contribution in [0.25, 0.3) is 0 Å². The molecule has 1 aliphatic heterocycles. The fraction of sp³-hybridized carbons (Fsp3) is 0.923. The summed E-state index contributed by atoms with van der Waals surface area (Å²) >= 11 is 0. The van der Waals surface area contributed by atoms with Crippen molar-refractivity contribution in [3.8, 4) is 0 Å². The number of rotatable bonds is 6. The summed E-state index contributed by atoms with van der Waals surface area (Å²) in [6.45, 7) is 10.2. The molecule has 0 spiro atoms. The minimum absolute atomic E-state index is 0.149. The molecule has 1 rings (SSSR count). The number of nitrogens with zero attached hydrogens (tertiary/aromatic N) is 1. The largest absolute Gasteiger partial charge is 0.355 e. The van der Waals surface area contributed by atoms with Crippen LogP contribution in [0.4, 0.5) is 0 Å². The van der Waals surface area contributed by atoms with Crippen LogP contribution in [-0.4, -0.2) is 57.1 Å². The highest BCUT2D eigenvalue weighted by molar-refractivity contribution is 7.89. The molecule has 1 heterocycles. The fourth-order valence-corrected chi connectivity index (χ4v) is 4.04. The van der Waals surface area contributed by atoms with Crippen LogP contribution in [0, 0.1) is 11.3 Å². The average molecular weight is 305 g/mol. The van der Waals surface area contributed by atoms with Gasteiger partial charge in [0.15, 0.2) is 0 Å². The summed E-state index contributed by atoms with van der Waals surface area (Å²) < 4.78 is 26.2. The van der Waals surface area contributed by atoms with E-state index in [4.69, 9.17) is 0 Å². The van der Waals surface area contributed by atoms with E-state index in [-0.39, 0.29) is 11.7 Å². The number of sulfonamides is 1. The first kappa shape index (κ1) is 17.4. The number of piperazine rings is 1. The summed E-state index contributed by atoms with van der Waals surface area (Å²) in [5.41, 5.74) is -0.918. The minimum atomic E-state index is -3.39. The number of hydrogen-bond acceptors (Lipinski definition) is 4. The monoisotopic (exact) mass is 305 g/mol. The van der Waals surface area contributed by atoms with E-state index >= 15 is 0 Å². The molecule has 0 aromatic rings. The molecular formula is C13H27N3O3S. The van der Waals surface area contributed by atoms with Gasteiger partial charge in [-0.15, -0.1) is 0 Å². The first-order valence-corrected chi connectivity index (χ1v) is 8.73. The molecule has 1 saturated heterocycles. The summed E-state index contributed by atoms with van der Waals surface area (Å²) in [4.78, 5) is 12.1. The van der Waals surface area contributed by atoms with E-state index in [2.05, 4.69) is 10.6 Å². The van der Waals surface area contributed by atoms with Crippen LogP contribution in [0.2, 0.25) is 0 Å². The molecule has 0 bridgehead atoms. The van der Waals surface area contributed by atoms with Crippen LogP contribution >= 0.6 is 0 Å². The third-order valence-corrected chi connectivity index (χ3v) is 5.54. The summed E-state index contributed by atoms with van der Waals surface area (Å²) in [6.07, 6.45) is 0. The Balaban J connectivity index is 2.65. The van der Waals surface area contributed by atoms with Crippen LogP contribution in [0.3, 0.4) is 0 Å². The highest BCUT2D eigenvalue weighted by Crippen LogP contribution is 2.21. The number of amides is 1. The molecule has 118 valence electrons. The molecular weight excluding hydrogens is 278 g/mol. The van der Waals surface area contributed by atoms with E-state index in [1.807, 2.05) is 13.8 Å². The summed E-state index contributed by atoms with van der Waals surface area (Å²) in [5, 5.41) is 5.93. The van der Waals surface area contributed by atoms with Crippen LogP contribution in [0.15, 0.2) is 0 Å². The van der Waals surface area contributed by atoms with Gasteiger partial charge in [-0.1, -0.05) is 13.8 Å². The molecule has 0 aromatic carbocycles. The van der Waals surface area contributed by atoms with Gasteiger partial charge in [0, 0.05) is 32.7 Å². The van der Waals surface area contributed by atoms with Gasteiger partial charge in [-0.2, -0.15) is 4.31 Å². The van der Waals surface area contributed by atoms with Crippen molar-refractivity contribution in [1.82, 2.24) is 14.9 Å². The van der Waals surface area contributed by atoms with Gasteiger partial charge in [0.25, 0.3) is 0 Å². The molecule has 20 heavy (non-hydrogen) atoms. The van der Waals surface area contributed by atoms with E-state index in [1.165, 1.54) is 4.31 Å². The predicted molar refractivity (Wildman–Crippen MR) is 79.9 cm³/mol. The smallest absolute Gasteiger partial charge is 0.226 e. The van der Waals surface area contributed by atoms with Crippen molar-refractivity contribution < 1.29 is 13.2 Å². The predicted octanol–water partition coefficient (Wildman–Crippen LogP) is 0.0198. The number of carbonyl (C=O) groups is 1. The molecule has 0 saturated carbocycles. The third-order valence-electron chi connectivity index (χ3n) is 3.30. The van der Waals surface area contributed by atoms with Crippen molar-refractivity contribution in [2.75, 3.05) is 38.5 Å². The summed E-state index contributed by atoms with van der Waals surface area (Å²) in [5.74, 6) is -0.00588. The van der Waals surface area contributed by atoms with Gasteiger partial charge in [0.05, 0.1) is 11.2 Å². The maximum absolute atomic E-state index is 12.4. The summed E-state index contributed by atoms with van der Waals surface area (Å²) in [7, 11) is -3.39. The fourth-order valence-electron chi connectivity index (χ4n) is 2.07. The molecule has 1 amide bonds. The topological polar surface area (TPSA) is 78.5 Å². The lowest BCUT2D eigenvalue weighted by molar-refractivity contribution is -0.128. The second-order valence-electron chi connectivity index (χ2n) is 6.39. The highest BCUT2D eigenvalue weighted by atomic mass is 32.2. The van der Waals surface area contributed by atoms with E-state index in [1.54, 1.807) is 13.8 Å². The van der Waals surface area contributed by atoms with Crippen LogP contribution < -0.4 is 10.6 Å². The second kappa shape index (κ2) is 6.87. The van der Waals surface area contributed by atoms with Crippen molar-refractivity contribution in [1.29, 1.82) is 0 Å². The maximum atomic E-state index is 12.4. The standard InChI is InChI=1S/C13H27N3O3S/c1-11(2)9-15-12(17)13(3,4)10-20(18,19)16-7-5-14-6-8-16/h11,14H,5-10H2,1-4H3,(H,15,17). The molecule has 6 nitrogen and oxygen atoms in total. The van der Waals surface area contributed by atoms with Crippen LogP contribution in [0.1, 0.15) is 27.7 Å². The van der Waals surface area contributed by atoms with E-state index in [9.17, 15) is 13.2 Å². The van der Waals surface area contributed by atoms with Crippen molar-refractivity contribution in [2.45, 2.75) is 27.7 Å². The summed E-state index contributed by atoms with van der Waals surface area (Å²) in [6, 6.07) is 0. The van der Waals surface area contributed by atoms with E-state index < -0.39 is 15.4 Å².